The number of carbonyl (C=O) groups is 1. The molecule has 0 saturated carbocycles. The van der Waals surface area contributed by atoms with Crippen LogP contribution in [0.25, 0.3) is 21.9 Å². The molecule has 0 atom stereocenters. The standard InChI is InChI=1S/C27H31N5O5/c1-17(2)16-32-24-23(26(34)31(4)27(32)35)29-21(10-6-5-7-14-36-18(3)33)25(30-24)37-22-11-8-9-19-15-28-13-12-20(19)22/h8-9,11-13,15,17H,5-7,10,14,16H2,1-4H3. The SMILES string of the molecule is CC(=O)OCCCCCc1nc2c(=O)n(C)c(=O)n(CC(C)C)c2nc1Oc1cccc2cnccc12. The van der Waals surface area contributed by atoms with Crippen molar-refractivity contribution in [2.24, 2.45) is 13.0 Å². The third-order valence-corrected chi connectivity index (χ3v) is 5.95. The number of aryl methyl sites for hydroxylation is 1. The van der Waals surface area contributed by atoms with Crippen LogP contribution in [0.2, 0.25) is 0 Å². The molecule has 0 aliphatic carbocycles. The van der Waals surface area contributed by atoms with E-state index in [9.17, 15) is 14.4 Å². The van der Waals surface area contributed by atoms with Gasteiger partial charge in [-0.15, -0.1) is 0 Å². The minimum Gasteiger partial charge on any atom is -0.466 e. The number of fused-ring (bicyclic) bond motifs is 2. The van der Waals surface area contributed by atoms with Crippen LogP contribution in [0.4, 0.5) is 0 Å². The lowest BCUT2D eigenvalue weighted by Gasteiger charge is -2.16. The van der Waals surface area contributed by atoms with Crippen LogP contribution in [0, 0.1) is 5.92 Å². The highest BCUT2D eigenvalue weighted by Gasteiger charge is 2.20. The minimum atomic E-state index is -0.494. The molecule has 10 nitrogen and oxygen atoms in total. The van der Waals surface area contributed by atoms with E-state index in [1.165, 1.54) is 18.5 Å². The number of pyridine rings is 1. The highest BCUT2D eigenvalue weighted by atomic mass is 16.5. The molecule has 0 spiro atoms. The Hall–Kier alpha value is -4.08. The first kappa shape index (κ1) is 26.0. The van der Waals surface area contributed by atoms with Crippen molar-refractivity contribution in [1.82, 2.24) is 24.1 Å². The summed E-state index contributed by atoms with van der Waals surface area (Å²) in [4.78, 5) is 50.5. The van der Waals surface area contributed by atoms with Crippen LogP contribution in [0.5, 0.6) is 11.6 Å². The van der Waals surface area contributed by atoms with E-state index < -0.39 is 11.2 Å². The molecule has 0 amide bonds. The van der Waals surface area contributed by atoms with Gasteiger partial charge < -0.3 is 9.47 Å². The molecule has 194 valence electrons. The molecule has 0 aliphatic heterocycles. The second kappa shape index (κ2) is 11.3. The Balaban J connectivity index is 1.79. The van der Waals surface area contributed by atoms with E-state index in [0.29, 0.717) is 37.4 Å². The molecule has 0 fully saturated rings. The normalized spacial score (nSPS) is 11.4. The lowest BCUT2D eigenvalue weighted by Crippen LogP contribution is -2.39. The second-order valence-electron chi connectivity index (χ2n) is 9.40. The summed E-state index contributed by atoms with van der Waals surface area (Å²) < 4.78 is 13.9. The molecule has 0 radical (unpaired) electrons. The molecular weight excluding hydrogens is 474 g/mol. The van der Waals surface area contributed by atoms with Gasteiger partial charge >= 0.3 is 11.7 Å². The number of nitrogens with zero attached hydrogens (tertiary/aromatic N) is 5. The highest BCUT2D eigenvalue weighted by molar-refractivity contribution is 5.87. The van der Waals surface area contributed by atoms with Crippen molar-refractivity contribution in [2.45, 2.75) is 53.0 Å². The molecule has 1 aromatic carbocycles. The van der Waals surface area contributed by atoms with Gasteiger partial charge in [0.25, 0.3) is 5.56 Å². The predicted molar refractivity (Wildman–Crippen MR) is 140 cm³/mol. The van der Waals surface area contributed by atoms with Crippen molar-refractivity contribution in [1.29, 1.82) is 0 Å². The van der Waals surface area contributed by atoms with Gasteiger partial charge in [-0.1, -0.05) is 26.0 Å². The predicted octanol–water partition coefficient (Wildman–Crippen LogP) is 3.76. The van der Waals surface area contributed by atoms with E-state index in [2.05, 4.69) is 9.97 Å². The molecule has 0 N–H and O–H groups in total. The lowest BCUT2D eigenvalue weighted by molar-refractivity contribution is -0.141. The third-order valence-electron chi connectivity index (χ3n) is 5.95. The summed E-state index contributed by atoms with van der Waals surface area (Å²) in [5.74, 6) is 0.671. The smallest absolute Gasteiger partial charge is 0.332 e. The number of benzene rings is 1. The summed E-state index contributed by atoms with van der Waals surface area (Å²) in [7, 11) is 1.45. The summed E-state index contributed by atoms with van der Waals surface area (Å²) in [5.41, 5.74) is -0.0744. The van der Waals surface area contributed by atoms with Crippen LogP contribution >= 0.6 is 0 Å². The Morgan fingerprint density at radius 1 is 1.08 bits per heavy atom. The van der Waals surface area contributed by atoms with Crippen LogP contribution in [0.1, 0.15) is 45.7 Å². The first-order valence-corrected chi connectivity index (χ1v) is 12.4. The van der Waals surface area contributed by atoms with E-state index in [0.717, 1.165) is 28.2 Å². The van der Waals surface area contributed by atoms with Gasteiger partial charge in [0.05, 0.1) is 6.61 Å². The van der Waals surface area contributed by atoms with Crippen LogP contribution in [-0.2, 0) is 29.5 Å². The van der Waals surface area contributed by atoms with Crippen LogP contribution < -0.4 is 16.0 Å². The van der Waals surface area contributed by atoms with Gasteiger partial charge in [-0.3, -0.25) is 23.7 Å². The zero-order valence-electron chi connectivity index (χ0n) is 21.6. The fraction of sp³-hybridized carbons (Fsp3) is 0.407. The molecule has 0 saturated heterocycles. The number of unbranched alkanes of at least 4 members (excludes halogenated alkanes) is 2. The molecule has 10 heteroatoms. The number of ether oxygens (including phenoxy) is 2. The maximum atomic E-state index is 13.0. The molecule has 3 aromatic heterocycles. The van der Waals surface area contributed by atoms with Crippen molar-refractivity contribution < 1.29 is 14.3 Å². The second-order valence-corrected chi connectivity index (χ2v) is 9.40. The van der Waals surface area contributed by atoms with Crippen molar-refractivity contribution in [3.05, 3.63) is 63.2 Å². The van der Waals surface area contributed by atoms with Gasteiger partial charge in [0.1, 0.15) is 11.4 Å². The monoisotopic (exact) mass is 505 g/mol. The zero-order chi connectivity index (χ0) is 26.5. The molecule has 0 unspecified atom stereocenters. The minimum absolute atomic E-state index is 0.132. The topological polar surface area (TPSA) is 118 Å². The van der Waals surface area contributed by atoms with Crippen molar-refractivity contribution in [3.8, 4) is 11.6 Å². The van der Waals surface area contributed by atoms with E-state index in [-0.39, 0.29) is 28.9 Å². The Kier molecular flexibility index (Phi) is 7.95. The number of rotatable bonds is 10. The van der Waals surface area contributed by atoms with Crippen LogP contribution in [0.15, 0.2) is 46.2 Å². The highest BCUT2D eigenvalue weighted by Crippen LogP contribution is 2.31. The van der Waals surface area contributed by atoms with Gasteiger partial charge in [0, 0.05) is 43.7 Å². The van der Waals surface area contributed by atoms with Gasteiger partial charge in [-0.25, -0.2) is 9.78 Å². The van der Waals surface area contributed by atoms with E-state index in [1.807, 2.05) is 38.1 Å². The fourth-order valence-electron chi connectivity index (χ4n) is 4.14. The average molecular weight is 506 g/mol. The number of esters is 1. The number of hydrogen-bond donors (Lipinski definition) is 0. The van der Waals surface area contributed by atoms with E-state index in [1.54, 1.807) is 12.4 Å². The molecule has 4 rings (SSSR count). The first-order valence-electron chi connectivity index (χ1n) is 12.4. The first-order chi connectivity index (χ1) is 17.8. The fourth-order valence-corrected chi connectivity index (χ4v) is 4.14. The Morgan fingerprint density at radius 2 is 1.89 bits per heavy atom. The van der Waals surface area contributed by atoms with Crippen molar-refractivity contribution >= 4 is 27.9 Å². The van der Waals surface area contributed by atoms with Crippen molar-refractivity contribution in [3.63, 3.8) is 0 Å². The van der Waals surface area contributed by atoms with Gasteiger partial charge in [0.2, 0.25) is 5.88 Å². The summed E-state index contributed by atoms with van der Waals surface area (Å²) in [6.45, 7) is 6.10. The number of hydrogen-bond acceptors (Lipinski definition) is 8. The Morgan fingerprint density at radius 3 is 2.65 bits per heavy atom. The number of carbonyl (C=O) groups excluding carboxylic acids is 1. The largest absolute Gasteiger partial charge is 0.466 e. The molecule has 4 aromatic rings. The molecule has 0 bridgehead atoms. The summed E-state index contributed by atoms with van der Waals surface area (Å²) in [5, 5.41) is 1.77. The van der Waals surface area contributed by atoms with Gasteiger partial charge in [-0.05, 0) is 43.7 Å². The summed E-state index contributed by atoms with van der Waals surface area (Å²) in [6.07, 6.45) is 6.16. The van der Waals surface area contributed by atoms with Gasteiger partial charge in [-0.2, -0.15) is 4.98 Å². The average Bonchev–Trinajstić information content (AvgIpc) is 2.87. The molecular formula is C27H31N5O5. The van der Waals surface area contributed by atoms with E-state index in [4.69, 9.17) is 14.5 Å². The zero-order valence-corrected chi connectivity index (χ0v) is 21.6. The summed E-state index contributed by atoms with van der Waals surface area (Å²) in [6, 6.07) is 7.50. The maximum Gasteiger partial charge on any atom is 0.332 e. The van der Waals surface area contributed by atoms with Crippen LogP contribution in [-0.4, -0.2) is 36.7 Å². The third kappa shape index (κ3) is 5.84. The lowest BCUT2D eigenvalue weighted by atomic mass is 10.1. The van der Waals surface area contributed by atoms with Crippen LogP contribution in [0.3, 0.4) is 0 Å². The Labute approximate surface area is 213 Å². The van der Waals surface area contributed by atoms with Crippen molar-refractivity contribution in [2.75, 3.05) is 6.61 Å². The molecule has 37 heavy (non-hydrogen) atoms. The Bertz CT molecular complexity index is 1550. The number of aromatic nitrogens is 5. The maximum absolute atomic E-state index is 13.0. The quantitative estimate of drug-likeness (QED) is 0.236. The van der Waals surface area contributed by atoms with E-state index >= 15 is 0 Å². The van der Waals surface area contributed by atoms with Gasteiger partial charge in [0.15, 0.2) is 11.2 Å². The molecule has 0 aliphatic rings. The molecule has 3 heterocycles. The summed E-state index contributed by atoms with van der Waals surface area (Å²) >= 11 is 0.